The highest BCUT2D eigenvalue weighted by atomic mass is 16.5. The first-order chi connectivity index (χ1) is 16.1. The Morgan fingerprint density at radius 3 is 2.42 bits per heavy atom. The van der Waals surface area contributed by atoms with Gasteiger partial charge in [0, 0.05) is 5.56 Å². The van der Waals surface area contributed by atoms with Gasteiger partial charge in [-0.05, 0) is 55.0 Å². The summed E-state index contributed by atoms with van der Waals surface area (Å²) in [5, 5.41) is 8.75. The van der Waals surface area contributed by atoms with E-state index < -0.39 is 0 Å². The minimum absolute atomic E-state index is 0.0487. The van der Waals surface area contributed by atoms with Crippen LogP contribution in [0.25, 0.3) is 40.5 Å². The van der Waals surface area contributed by atoms with Crippen LogP contribution in [0.4, 0.5) is 0 Å². The smallest absolute Gasteiger partial charge is 0.331 e. The average Bonchev–Trinajstić information content (AvgIpc) is 3.33. The van der Waals surface area contributed by atoms with E-state index in [-0.39, 0.29) is 11.6 Å². The number of aryl methyl sites for hydroxylation is 1. The van der Waals surface area contributed by atoms with Gasteiger partial charge in [-0.3, -0.25) is 4.79 Å². The fourth-order valence-corrected chi connectivity index (χ4v) is 3.45. The SMILES string of the molecule is COc1ccc(-c2nnc(-n3c(/C=C/c4ccc(C)cc4)nc4ccccc4c3=O)o2)cc1. The number of para-hydroxylation sites is 1. The number of benzene rings is 3. The molecule has 3 aromatic carbocycles. The summed E-state index contributed by atoms with van der Waals surface area (Å²) >= 11 is 0. The zero-order valence-electron chi connectivity index (χ0n) is 18.1. The summed E-state index contributed by atoms with van der Waals surface area (Å²) in [6.07, 6.45) is 3.67. The van der Waals surface area contributed by atoms with E-state index in [1.54, 1.807) is 43.5 Å². The second-order valence-electron chi connectivity index (χ2n) is 7.49. The number of hydrogen-bond donors (Lipinski definition) is 0. The van der Waals surface area contributed by atoms with Crippen molar-refractivity contribution >= 4 is 23.1 Å². The molecule has 7 heteroatoms. The molecule has 0 amide bonds. The van der Waals surface area contributed by atoms with Crippen molar-refractivity contribution in [2.24, 2.45) is 0 Å². The molecule has 0 aliphatic carbocycles. The standard InChI is InChI=1S/C26H20N4O3/c1-17-7-9-18(10-8-17)11-16-23-27-22-6-4-3-5-21(22)25(31)30(23)26-29-28-24(33-26)19-12-14-20(32-2)15-13-19/h3-16H,1-2H3/b16-11+. The van der Waals surface area contributed by atoms with Crippen LogP contribution in [0.5, 0.6) is 5.75 Å². The molecule has 0 aliphatic rings. The lowest BCUT2D eigenvalue weighted by Crippen LogP contribution is -2.22. The number of fused-ring (bicyclic) bond motifs is 1. The van der Waals surface area contributed by atoms with Crippen LogP contribution in [-0.4, -0.2) is 26.9 Å². The van der Waals surface area contributed by atoms with Gasteiger partial charge in [-0.1, -0.05) is 53.1 Å². The van der Waals surface area contributed by atoms with Gasteiger partial charge >= 0.3 is 6.01 Å². The second kappa shape index (κ2) is 8.55. The molecular formula is C26H20N4O3. The van der Waals surface area contributed by atoms with E-state index in [9.17, 15) is 4.79 Å². The van der Waals surface area contributed by atoms with Gasteiger partial charge in [-0.25, -0.2) is 9.55 Å². The van der Waals surface area contributed by atoms with E-state index in [0.717, 1.165) is 11.3 Å². The Hall–Kier alpha value is -4.52. The van der Waals surface area contributed by atoms with Gasteiger partial charge in [-0.2, -0.15) is 0 Å². The maximum atomic E-state index is 13.4. The third-order valence-electron chi connectivity index (χ3n) is 5.25. The van der Waals surface area contributed by atoms with Crippen molar-refractivity contribution in [3.05, 3.63) is 100 Å². The second-order valence-corrected chi connectivity index (χ2v) is 7.49. The predicted octanol–water partition coefficient (Wildman–Crippen LogP) is 4.92. The summed E-state index contributed by atoms with van der Waals surface area (Å²) in [5.41, 5.74) is 3.18. The van der Waals surface area contributed by atoms with E-state index in [4.69, 9.17) is 9.15 Å². The summed E-state index contributed by atoms with van der Waals surface area (Å²) in [4.78, 5) is 18.1. The molecular weight excluding hydrogens is 416 g/mol. The molecule has 33 heavy (non-hydrogen) atoms. The van der Waals surface area contributed by atoms with Gasteiger partial charge in [0.1, 0.15) is 11.6 Å². The topological polar surface area (TPSA) is 83.0 Å². The number of ether oxygens (including phenoxy) is 1. The van der Waals surface area contributed by atoms with Crippen LogP contribution in [0.3, 0.4) is 0 Å². The van der Waals surface area contributed by atoms with Crippen LogP contribution in [0.1, 0.15) is 17.0 Å². The molecule has 5 rings (SSSR count). The lowest BCUT2D eigenvalue weighted by molar-refractivity contribution is 0.415. The molecule has 5 aromatic rings. The Labute approximate surface area is 189 Å². The molecule has 0 radical (unpaired) electrons. The van der Waals surface area contributed by atoms with E-state index >= 15 is 0 Å². The Bertz CT molecular complexity index is 1510. The van der Waals surface area contributed by atoms with Crippen molar-refractivity contribution in [1.82, 2.24) is 19.7 Å². The van der Waals surface area contributed by atoms with Crippen LogP contribution in [-0.2, 0) is 0 Å². The molecule has 2 aromatic heterocycles. The highest BCUT2D eigenvalue weighted by Crippen LogP contribution is 2.23. The highest BCUT2D eigenvalue weighted by Gasteiger charge is 2.17. The summed E-state index contributed by atoms with van der Waals surface area (Å²) in [6.45, 7) is 2.03. The molecule has 0 unspecified atom stereocenters. The Balaban J connectivity index is 1.62. The van der Waals surface area contributed by atoms with Gasteiger partial charge in [0.25, 0.3) is 5.56 Å². The van der Waals surface area contributed by atoms with Crippen molar-refractivity contribution in [1.29, 1.82) is 0 Å². The maximum Gasteiger partial charge on any atom is 0.331 e. The van der Waals surface area contributed by atoms with Gasteiger partial charge < -0.3 is 9.15 Å². The summed E-state index contributed by atoms with van der Waals surface area (Å²) in [6, 6.07) is 22.5. The summed E-state index contributed by atoms with van der Waals surface area (Å²) in [7, 11) is 1.60. The zero-order chi connectivity index (χ0) is 22.8. The van der Waals surface area contributed by atoms with Gasteiger partial charge in [0.05, 0.1) is 18.0 Å². The summed E-state index contributed by atoms with van der Waals surface area (Å²) < 4.78 is 12.4. The largest absolute Gasteiger partial charge is 0.497 e. The van der Waals surface area contributed by atoms with Crippen LogP contribution in [0.15, 0.2) is 82.0 Å². The van der Waals surface area contributed by atoms with Crippen LogP contribution in [0.2, 0.25) is 0 Å². The van der Waals surface area contributed by atoms with Crippen molar-refractivity contribution < 1.29 is 9.15 Å². The summed E-state index contributed by atoms with van der Waals surface area (Å²) in [5.74, 6) is 1.40. The van der Waals surface area contributed by atoms with Crippen LogP contribution in [0, 0.1) is 6.92 Å². The number of hydrogen-bond acceptors (Lipinski definition) is 6. The minimum Gasteiger partial charge on any atom is -0.497 e. The monoisotopic (exact) mass is 436 g/mol. The molecule has 7 nitrogen and oxygen atoms in total. The van der Waals surface area contributed by atoms with Gasteiger partial charge in [0.15, 0.2) is 0 Å². The third kappa shape index (κ3) is 4.04. The average molecular weight is 436 g/mol. The Morgan fingerprint density at radius 2 is 1.67 bits per heavy atom. The Kier molecular flexibility index (Phi) is 5.28. The number of aromatic nitrogens is 4. The van der Waals surface area contributed by atoms with Crippen molar-refractivity contribution in [3.63, 3.8) is 0 Å². The lowest BCUT2D eigenvalue weighted by atomic mass is 10.1. The van der Waals surface area contributed by atoms with E-state index in [2.05, 4.69) is 15.2 Å². The van der Waals surface area contributed by atoms with Gasteiger partial charge in [0.2, 0.25) is 5.89 Å². The van der Waals surface area contributed by atoms with Crippen molar-refractivity contribution in [2.75, 3.05) is 7.11 Å². The Morgan fingerprint density at radius 1 is 0.909 bits per heavy atom. The minimum atomic E-state index is -0.283. The third-order valence-corrected chi connectivity index (χ3v) is 5.25. The number of rotatable bonds is 5. The van der Waals surface area contributed by atoms with Crippen molar-refractivity contribution in [3.8, 4) is 23.2 Å². The van der Waals surface area contributed by atoms with Crippen LogP contribution < -0.4 is 10.3 Å². The van der Waals surface area contributed by atoms with E-state index in [1.165, 1.54) is 10.1 Å². The molecule has 2 heterocycles. The highest BCUT2D eigenvalue weighted by molar-refractivity contribution is 5.79. The first kappa shape index (κ1) is 20.4. The first-order valence-electron chi connectivity index (χ1n) is 10.4. The fourth-order valence-electron chi connectivity index (χ4n) is 3.45. The zero-order valence-corrected chi connectivity index (χ0v) is 18.1. The molecule has 162 valence electrons. The molecule has 0 aliphatic heterocycles. The van der Waals surface area contributed by atoms with Crippen LogP contribution >= 0.6 is 0 Å². The van der Waals surface area contributed by atoms with E-state index in [0.29, 0.717) is 28.2 Å². The molecule has 0 bridgehead atoms. The van der Waals surface area contributed by atoms with Gasteiger partial charge in [-0.15, -0.1) is 5.10 Å². The number of methoxy groups -OCH3 is 1. The fraction of sp³-hybridized carbons (Fsp3) is 0.0769. The lowest BCUT2D eigenvalue weighted by Gasteiger charge is -2.07. The van der Waals surface area contributed by atoms with E-state index in [1.807, 2.05) is 55.5 Å². The predicted molar refractivity (Wildman–Crippen MR) is 127 cm³/mol. The molecule has 0 spiro atoms. The molecule has 0 fully saturated rings. The first-order valence-corrected chi connectivity index (χ1v) is 10.4. The number of nitrogens with zero attached hydrogens (tertiary/aromatic N) is 4. The molecule has 0 N–H and O–H groups in total. The molecule has 0 saturated carbocycles. The molecule has 0 atom stereocenters. The quantitative estimate of drug-likeness (QED) is 0.389. The van der Waals surface area contributed by atoms with Crippen molar-refractivity contribution in [2.45, 2.75) is 6.92 Å². The molecule has 0 saturated heterocycles. The maximum absolute atomic E-state index is 13.4. The normalized spacial score (nSPS) is 11.3.